The molecule has 0 saturated heterocycles. The van der Waals surface area contributed by atoms with Crippen LogP contribution in [0.15, 0.2) is 33.9 Å². The van der Waals surface area contributed by atoms with E-state index in [1.54, 1.807) is 26.2 Å². The van der Waals surface area contributed by atoms with Gasteiger partial charge in [-0.3, -0.25) is 9.67 Å². The first-order valence-corrected chi connectivity index (χ1v) is 7.73. The Hall–Kier alpha value is -2.04. The van der Waals surface area contributed by atoms with Gasteiger partial charge in [-0.15, -0.1) is 24.0 Å². The van der Waals surface area contributed by atoms with Gasteiger partial charge in [0.2, 0.25) is 0 Å². The molecule has 0 aliphatic carbocycles. The number of furan rings is 1. The van der Waals surface area contributed by atoms with Crippen LogP contribution in [0.1, 0.15) is 28.3 Å². The summed E-state index contributed by atoms with van der Waals surface area (Å²) in [4.78, 5) is 15.7. The Bertz CT molecular complexity index is 682. The summed E-state index contributed by atoms with van der Waals surface area (Å²) in [6.45, 7) is 3.77. The van der Waals surface area contributed by atoms with Crippen LogP contribution in [0.3, 0.4) is 0 Å². The molecule has 138 valence electrons. The molecule has 0 bridgehead atoms. The van der Waals surface area contributed by atoms with Crippen LogP contribution in [0.2, 0.25) is 0 Å². The van der Waals surface area contributed by atoms with Crippen molar-refractivity contribution in [2.75, 3.05) is 20.7 Å². The van der Waals surface area contributed by atoms with E-state index < -0.39 is 5.97 Å². The van der Waals surface area contributed by atoms with Gasteiger partial charge in [-0.2, -0.15) is 5.10 Å². The molecule has 0 saturated carbocycles. The molecule has 0 radical (unpaired) electrons. The first-order valence-electron chi connectivity index (χ1n) is 7.73. The minimum Gasteiger partial charge on any atom is -0.465 e. The fourth-order valence-corrected chi connectivity index (χ4v) is 2.22. The lowest BCUT2D eigenvalue weighted by Crippen LogP contribution is -2.37. The third-order valence-electron chi connectivity index (χ3n) is 3.44. The number of guanidine groups is 1. The van der Waals surface area contributed by atoms with Crippen molar-refractivity contribution in [3.05, 3.63) is 41.6 Å². The molecule has 0 aliphatic heterocycles. The average molecular weight is 461 g/mol. The minimum absolute atomic E-state index is 0. The van der Waals surface area contributed by atoms with Crippen molar-refractivity contribution in [1.29, 1.82) is 0 Å². The van der Waals surface area contributed by atoms with Crippen LogP contribution in [0.4, 0.5) is 0 Å². The molecule has 0 aliphatic rings. The summed E-state index contributed by atoms with van der Waals surface area (Å²) in [6.07, 6.45) is 4.63. The number of hydrogen-bond acceptors (Lipinski definition) is 5. The van der Waals surface area contributed by atoms with Gasteiger partial charge in [0.05, 0.1) is 13.7 Å². The van der Waals surface area contributed by atoms with E-state index in [2.05, 4.69) is 20.7 Å². The predicted octanol–water partition coefficient (Wildman–Crippen LogP) is 1.94. The van der Waals surface area contributed by atoms with E-state index in [9.17, 15) is 4.79 Å². The predicted molar refractivity (Wildman–Crippen MR) is 105 cm³/mol. The van der Waals surface area contributed by atoms with Crippen LogP contribution in [0.5, 0.6) is 0 Å². The highest BCUT2D eigenvalue weighted by Crippen LogP contribution is 2.15. The Morgan fingerprint density at radius 3 is 2.88 bits per heavy atom. The molecule has 0 unspecified atom stereocenters. The zero-order valence-corrected chi connectivity index (χ0v) is 16.9. The van der Waals surface area contributed by atoms with Crippen LogP contribution in [0, 0.1) is 6.92 Å². The number of ether oxygens (including phenoxy) is 1. The molecule has 8 nitrogen and oxygen atoms in total. The van der Waals surface area contributed by atoms with E-state index in [1.807, 2.05) is 16.9 Å². The maximum Gasteiger partial charge on any atom is 0.341 e. The summed E-state index contributed by atoms with van der Waals surface area (Å²) >= 11 is 0. The number of aryl methyl sites for hydroxylation is 2. The quantitative estimate of drug-likeness (QED) is 0.215. The van der Waals surface area contributed by atoms with Gasteiger partial charge in [-0.25, -0.2) is 4.79 Å². The molecule has 0 spiro atoms. The second kappa shape index (κ2) is 10.7. The molecule has 0 fully saturated rings. The Morgan fingerprint density at radius 1 is 1.44 bits per heavy atom. The first-order chi connectivity index (χ1) is 11.6. The number of aromatic nitrogens is 2. The maximum atomic E-state index is 11.6. The van der Waals surface area contributed by atoms with Gasteiger partial charge in [-0.05, 0) is 25.5 Å². The largest absolute Gasteiger partial charge is 0.465 e. The lowest BCUT2D eigenvalue weighted by molar-refractivity contribution is 0.0599. The van der Waals surface area contributed by atoms with Crippen molar-refractivity contribution < 1.29 is 13.9 Å². The molecule has 25 heavy (non-hydrogen) atoms. The van der Waals surface area contributed by atoms with Crippen LogP contribution in [-0.2, 0) is 17.8 Å². The molecule has 0 amide bonds. The van der Waals surface area contributed by atoms with Crippen molar-refractivity contribution in [1.82, 2.24) is 20.4 Å². The third-order valence-corrected chi connectivity index (χ3v) is 3.44. The van der Waals surface area contributed by atoms with Gasteiger partial charge in [-0.1, -0.05) is 0 Å². The van der Waals surface area contributed by atoms with Crippen LogP contribution >= 0.6 is 24.0 Å². The molecule has 0 aromatic carbocycles. The molecule has 2 aromatic heterocycles. The van der Waals surface area contributed by atoms with Crippen LogP contribution in [-0.4, -0.2) is 42.4 Å². The average Bonchev–Trinajstić information content (AvgIpc) is 3.23. The highest BCUT2D eigenvalue weighted by Gasteiger charge is 2.15. The summed E-state index contributed by atoms with van der Waals surface area (Å²) in [7, 11) is 3.05. The summed E-state index contributed by atoms with van der Waals surface area (Å²) in [6, 6.07) is 3.58. The zero-order valence-electron chi connectivity index (χ0n) is 14.6. The molecule has 2 N–H and O–H groups in total. The number of hydrogen-bond donors (Lipinski definition) is 2. The van der Waals surface area contributed by atoms with Gasteiger partial charge in [0.25, 0.3) is 0 Å². The smallest absolute Gasteiger partial charge is 0.341 e. The molecular weight excluding hydrogens is 437 g/mol. The molecule has 0 atom stereocenters. The highest BCUT2D eigenvalue weighted by atomic mass is 127. The summed E-state index contributed by atoms with van der Waals surface area (Å²) < 4.78 is 12.1. The van der Waals surface area contributed by atoms with Gasteiger partial charge in [0.1, 0.15) is 17.1 Å². The maximum absolute atomic E-state index is 11.6. The Morgan fingerprint density at radius 2 is 2.24 bits per heavy atom. The lowest BCUT2D eigenvalue weighted by Gasteiger charge is -2.10. The third kappa shape index (κ3) is 6.40. The van der Waals surface area contributed by atoms with Gasteiger partial charge in [0, 0.05) is 32.5 Å². The molecular formula is C16H24IN5O3. The number of carbonyl (C=O) groups excluding carboxylic acids is 1. The van der Waals surface area contributed by atoms with E-state index in [-0.39, 0.29) is 24.0 Å². The number of halogens is 1. The number of nitrogens with zero attached hydrogens (tertiary/aromatic N) is 3. The lowest BCUT2D eigenvalue weighted by atomic mass is 10.2. The number of esters is 1. The normalized spacial score (nSPS) is 10.9. The van der Waals surface area contributed by atoms with Crippen molar-refractivity contribution in [2.45, 2.75) is 26.4 Å². The monoisotopic (exact) mass is 461 g/mol. The summed E-state index contributed by atoms with van der Waals surface area (Å²) in [5.41, 5.74) is 0.441. The number of rotatable bonds is 7. The van der Waals surface area contributed by atoms with Gasteiger partial charge < -0.3 is 19.8 Å². The van der Waals surface area contributed by atoms with Crippen molar-refractivity contribution in [3.63, 3.8) is 0 Å². The summed E-state index contributed by atoms with van der Waals surface area (Å²) in [5, 5.41) is 10.5. The van der Waals surface area contributed by atoms with E-state index in [0.717, 1.165) is 19.5 Å². The standard InChI is InChI=1S/C16H23N5O3.HI/c1-12-14(15(22)23-3)10-13(24-12)11-19-16(17-2)18-6-4-8-21-9-5-7-20-21;/h5,7,9-10H,4,6,8,11H2,1-3H3,(H2,17,18,19);1H. The molecule has 9 heteroatoms. The van der Waals surface area contributed by atoms with Crippen molar-refractivity contribution in [2.24, 2.45) is 4.99 Å². The number of carbonyl (C=O) groups is 1. The molecule has 2 rings (SSSR count). The summed E-state index contributed by atoms with van der Waals surface area (Å²) in [5.74, 6) is 1.46. The van der Waals surface area contributed by atoms with E-state index >= 15 is 0 Å². The Kier molecular flexibility index (Phi) is 9.03. The van der Waals surface area contributed by atoms with E-state index in [4.69, 9.17) is 9.15 Å². The van der Waals surface area contributed by atoms with Crippen molar-refractivity contribution >= 4 is 35.9 Å². The van der Waals surface area contributed by atoms with Gasteiger partial charge in [0.15, 0.2) is 5.96 Å². The first kappa shape index (κ1) is 21.0. The molecule has 2 heterocycles. The topological polar surface area (TPSA) is 93.7 Å². The Labute approximate surface area is 164 Å². The Balaban J connectivity index is 0.00000312. The van der Waals surface area contributed by atoms with E-state index in [0.29, 0.717) is 29.6 Å². The highest BCUT2D eigenvalue weighted by molar-refractivity contribution is 14.0. The SMILES string of the molecule is CN=C(NCCCn1cccn1)NCc1cc(C(=O)OC)c(C)o1.I. The van der Waals surface area contributed by atoms with Crippen LogP contribution in [0.25, 0.3) is 0 Å². The fourth-order valence-electron chi connectivity index (χ4n) is 2.22. The minimum atomic E-state index is -0.399. The van der Waals surface area contributed by atoms with E-state index in [1.165, 1.54) is 7.11 Å². The number of aliphatic imine (C=N–C) groups is 1. The second-order valence-corrected chi connectivity index (χ2v) is 5.15. The zero-order chi connectivity index (χ0) is 17.4. The second-order valence-electron chi connectivity index (χ2n) is 5.15. The molecule has 2 aromatic rings. The van der Waals surface area contributed by atoms with Gasteiger partial charge >= 0.3 is 5.97 Å². The van der Waals surface area contributed by atoms with Crippen LogP contribution < -0.4 is 10.6 Å². The number of methoxy groups -OCH3 is 1. The van der Waals surface area contributed by atoms with Crippen molar-refractivity contribution in [3.8, 4) is 0 Å². The fraction of sp³-hybridized carbons (Fsp3) is 0.438. The number of nitrogens with one attached hydrogen (secondary N) is 2.